The number of ether oxygens (including phenoxy) is 3. The number of hydrogen-bond acceptors (Lipinski definition) is 9. The predicted molar refractivity (Wildman–Crippen MR) is 158 cm³/mol. The summed E-state index contributed by atoms with van der Waals surface area (Å²) in [5.74, 6) is 1.22. The Balaban J connectivity index is 1.50. The normalized spacial score (nSPS) is 14.3. The Morgan fingerprint density at radius 2 is 1.66 bits per heavy atom. The molecule has 1 atom stereocenters. The number of nitrogens with zero attached hydrogens (tertiary/aromatic N) is 4. The van der Waals surface area contributed by atoms with Crippen molar-refractivity contribution in [3.63, 3.8) is 0 Å². The zero-order valence-electron chi connectivity index (χ0n) is 22.6. The fourth-order valence-corrected chi connectivity index (χ4v) is 4.96. The second-order valence-electron chi connectivity index (χ2n) is 9.12. The first kappa shape index (κ1) is 28.2. The van der Waals surface area contributed by atoms with Gasteiger partial charge in [-0.25, -0.2) is 18.5 Å². The molecule has 2 heterocycles. The van der Waals surface area contributed by atoms with Gasteiger partial charge in [-0.2, -0.15) is 0 Å². The van der Waals surface area contributed by atoms with E-state index >= 15 is 0 Å². The van der Waals surface area contributed by atoms with Crippen LogP contribution in [0.3, 0.4) is 0 Å². The molecule has 1 aliphatic heterocycles. The molecule has 1 aromatic heterocycles. The number of morpholine rings is 1. The highest BCUT2D eigenvalue weighted by Crippen LogP contribution is 2.36. The van der Waals surface area contributed by atoms with E-state index in [9.17, 15) is 13.6 Å². The number of hydrogen-bond donors (Lipinski definition) is 3. The smallest absolute Gasteiger partial charge is 0.268 e. The maximum atomic E-state index is 12.8. The summed E-state index contributed by atoms with van der Waals surface area (Å²) in [6.07, 6.45) is 0. The topological polar surface area (TPSA) is 138 Å². The molecule has 41 heavy (non-hydrogen) atoms. The van der Waals surface area contributed by atoms with Gasteiger partial charge in [-0.3, -0.25) is 14.2 Å². The molecule has 214 valence electrons. The summed E-state index contributed by atoms with van der Waals surface area (Å²) < 4.78 is 40.6. The lowest BCUT2D eigenvalue weighted by Crippen LogP contribution is -2.41. The van der Waals surface area contributed by atoms with Gasteiger partial charge in [0, 0.05) is 42.7 Å². The van der Waals surface area contributed by atoms with Crippen LogP contribution in [0.5, 0.6) is 11.5 Å². The first-order valence-electron chi connectivity index (χ1n) is 12.8. The van der Waals surface area contributed by atoms with Crippen molar-refractivity contribution in [1.82, 2.24) is 14.9 Å². The number of rotatable bonds is 10. The van der Waals surface area contributed by atoms with Gasteiger partial charge in [0.25, 0.3) is 11.3 Å². The summed E-state index contributed by atoms with van der Waals surface area (Å²) in [6, 6.07) is 19.1. The molecule has 3 N–H and O–H groups in total. The molecule has 1 aliphatic rings. The SMILES string of the molecule is COc1cc(Nc2nc3ccccc3nc2N(c2cccc(NC(=O)CN3CCOCC3)c2)S(=O)O)cc(OC)c1. The summed E-state index contributed by atoms with van der Waals surface area (Å²) >= 11 is -2.55. The fraction of sp³-hybridized carbons (Fsp3) is 0.250. The van der Waals surface area contributed by atoms with Crippen molar-refractivity contribution in [1.29, 1.82) is 0 Å². The standard InChI is InChI=1S/C28H30N6O6S/c1-38-22-15-20(16-23(17-22)39-2)30-27-28(32-25-9-4-3-8-24(25)31-27)34(41(36)37)21-7-5-6-19(14-21)29-26(35)18-33-10-12-40-13-11-33/h3-9,14-17H,10-13,18H2,1-2H3,(H,29,35)(H,30,31)(H,36,37). The largest absolute Gasteiger partial charge is 0.497 e. The van der Waals surface area contributed by atoms with Crippen LogP contribution >= 0.6 is 0 Å². The van der Waals surface area contributed by atoms with Crippen LogP contribution < -0.4 is 24.4 Å². The molecule has 0 bridgehead atoms. The van der Waals surface area contributed by atoms with Crippen LogP contribution in [0.1, 0.15) is 0 Å². The third kappa shape index (κ3) is 6.89. The Bertz CT molecular complexity index is 1540. The number of benzene rings is 3. The second kappa shape index (κ2) is 12.9. The molecule has 0 radical (unpaired) electrons. The number of methoxy groups -OCH3 is 2. The summed E-state index contributed by atoms with van der Waals surface area (Å²) in [4.78, 5) is 24.1. The molecule has 13 heteroatoms. The molecular formula is C28H30N6O6S. The van der Waals surface area contributed by atoms with Crippen LogP contribution in [0.15, 0.2) is 66.7 Å². The number of para-hydroxylation sites is 2. The number of nitrogens with one attached hydrogen (secondary N) is 2. The van der Waals surface area contributed by atoms with Crippen molar-refractivity contribution in [3.8, 4) is 11.5 Å². The Labute approximate surface area is 239 Å². The number of aromatic nitrogens is 2. The Morgan fingerprint density at radius 1 is 0.976 bits per heavy atom. The average Bonchev–Trinajstić information content (AvgIpc) is 2.97. The summed E-state index contributed by atoms with van der Waals surface area (Å²) in [7, 11) is 3.09. The second-order valence-corrected chi connectivity index (χ2v) is 9.95. The van der Waals surface area contributed by atoms with Crippen LogP contribution in [0.25, 0.3) is 11.0 Å². The minimum absolute atomic E-state index is 0.100. The number of carbonyl (C=O) groups is 1. The monoisotopic (exact) mass is 578 g/mol. The van der Waals surface area contributed by atoms with Gasteiger partial charge in [-0.1, -0.05) is 18.2 Å². The summed E-state index contributed by atoms with van der Waals surface area (Å²) in [6.45, 7) is 2.76. The lowest BCUT2D eigenvalue weighted by Gasteiger charge is -2.26. The van der Waals surface area contributed by atoms with Crippen LogP contribution in [0.2, 0.25) is 0 Å². The minimum Gasteiger partial charge on any atom is -0.497 e. The maximum absolute atomic E-state index is 12.8. The van der Waals surface area contributed by atoms with E-state index in [4.69, 9.17) is 24.2 Å². The fourth-order valence-electron chi connectivity index (χ4n) is 4.39. The van der Waals surface area contributed by atoms with Gasteiger partial charge < -0.3 is 24.8 Å². The van der Waals surface area contributed by atoms with Gasteiger partial charge >= 0.3 is 0 Å². The van der Waals surface area contributed by atoms with E-state index in [1.54, 1.807) is 68.8 Å². The van der Waals surface area contributed by atoms with Crippen molar-refractivity contribution in [2.75, 3.05) is 62.0 Å². The van der Waals surface area contributed by atoms with E-state index in [1.807, 2.05) is 17.0 Å². The van der Waals surface area contributed by atoms with E-state index < -0.39 is 11.3 Å². The quantitative estimate of drug-likeness (QED) is 0.237. The van der Waals surface area contributed by atoms with Gasteiger partial charge in [-0.15, -0.1) is 0 Å². The molecule has 4 aromatic rings. The highest BCUT2D eigenvalue weighted by molar-refractivity contribution is 7.81. The number of anilines is 5. The number of carbonyl (C=O) groups excluding carboxylic acids is 1. The predicted octanol–water partition coefficient (Wildman–Crippen LogP) is 3.94. The Morgan fingerprint density at radius 3 is 2.32 bits per heavy atom. The van der Waals surface area contributed by atoms with E-state index in [0.717, 1.165) is 4.31 Å². The van der Waals surface area contributed by atoms with Crippen molar-refractivity contribution in [2.45, 2.75) is 0 Å². The lowest BCUT2D eigenvalue weighted by atomic mass is 10.2. The van der Waals surface area contributed by atoms with Crippen molar-refractivity contribution >= 4 is 56.9 Å². The van der Waals surface area contributed by atoms with Gasteiger partial charge in [0.15, 0.2) is 11.6 Å². The van der Waals surface area contributed by atoms with Crippen LogP contribution in [-0.2, 0) is 20.8 Å². The highest BCUT2D eigenvalue weighted by atomic mass is 32.2. The third-order valence-electron chi connectivity index (χ3n) is 6.35. The van der Waals surface area contributed by atoms with Crippen LogP contribution in [0, 0.1) is 0 Å². The van der Waals surface area contributed by atoms with Gasteiger partial charge in [0.05, 0.1) is 50.7 Å². The molecule has 1 saturated heterocycles. The minimum atomic E-state index is -2.55. The van der Waals surface area contributed by atoms with Gasteiger partial charge in [0.1, 0.15) is 11.5 Å². The molecule has 1 fully saturated rings. The van der Waals surface area contributed by atoms with E-state index in [0.29, 0.717) is 65.9 Å². The molecule has 0 saturated carbocycles. The molecule has 0 spiro atoms. The van der Waals surface area contributed by atoms with E-state index in [1.165, 1.54) is 0 Å². The zero-order chi connectivity index (χ0) is 28.8. The Hall–Kier alpha value is -4.30. The first-order chi connectivity index (χ1) is 19.9. The molecule has 1 unspecified atom stereocenters. The molecule has 5 rings (SSSR count). The Kier molecular flexibility index (Phi) is 8.89. The molecular weight excluding hydrogens is 548 g/mol. The molecule has 3 aromatic carbocycles. The molecule has 1 amide bonds. The first-order valence-corrected chi connectivity index (χ1v) is 13.9. The average molecular weight is 579 g/mol. The summed E-state index contributed by atoms with van der Waals surface area (Å²) in [5, 5.41) is 6.08. The van der Waals surface area contributed by atoms with Gasteiger partial charge in [0.2, 0.25) is 5.91 Å². The maximum Gasteiger partial charge on any atom is 0.268 e. The van der Waals surface area contributed by atoms with E-state index in [-0.39, 0.29) is 24.1 Å². The number of fused-ring (bicyclic) bond motifs is 1. The van der Waals surface area contributed by atoms with Crippen LogP contribution in [-0.4, -0.2) is 76.6 Å². The third-order valence-corrected chi connectivity index (χ3v) is 7.05. The highest BCUT2D eigenvalue weighted by Gasteiger charge is 2.24. The van der Waals surface area contributed by atoms with Gasteiger partial charge in [-0.05, 0) is 30.3 Å². The van der Waals surface area contributed by atoms with Crippen molar-refractivity contribution in [2.24, 2.45) is 0 Å². The molecule has 0 aliphatic carbocycles. The van der Waals surface area contributed by atoms with E-state index in [2.05, 4.69) is 10.6 Å². The van der Waals surface area contributed by atoms with Crippen LogP contribution in [0.4, 0.5) is 28.7 Å². The van der Waals surface area contributed by atoms with Crippen molar-refractivity contribution in [3.05, 3.63) is 66.7 Å². The zero-order valence-corrected chi connectivity index (χ0v) is 23.4. The molecule has 12 nitrogen and oxygen atoms in total. The summed E-state index contributed by atoms with van der Waals surface area (Å²) in [5.41, 5.74) is 2.48. The number of amides is 1. The van der Waals surface area contributed by atoms with Crippen molar-refractivity contribution < 1.29 is 27.8 Å². The lowest BCUT2D eigenvalue weighted by molar-refractivity contribution is -0.118.